The van der Waals surface area contributed by atoms with Gasteiger partial charge in [0.25, 0.3) is 0 Å². The summed E-state index contributed by atoms with van der Waals surface area (Å²) < 4.78 is 8.65. The maximum absolute atomic E-state index is 12.4. The molecule has 0 aliphatic carbocycles. The number of carbonyl (C=O) groups excluding carboxylic acids is 1. The lowest BCUT2D eigenvalue weighted by Gasteiger charge is -2.33. The SMILES string of the molecule is C[C@H]1COCCN1C(=O)CCn1c(=O)n(C)c2ccccc21. The molecule has 0 bridgehead atoms. The Labute approximate surface area is 128 Å². The van der Waals surface area contributed by atoms with Gasteiger partial charge in [0.2, 0.25) is 5.91 Å². The minimum absolute atomic E-state index is 0.0793. The van der Waals surface area contributed by atoms with Crippen LogP contribution in [0, 0.1) is 0 Å². The number of amides is 1. The fraction of sp³-hybridized carbons (Fsp3) is 0.500. The van der Waals surface area contributed by atoms with Gasteiger partial charge in [-0.2, -0.15) is 0 Å². The van der Waals surface area contributed by atoms with E-state index in [4.69, 9.17) is 4.74 Å². The van der Waals surface area contributed by atoms with E-state index in [9.17, 15) is 9.59 Å². The first-order chi connectivity index (χ1) is 10.6. The van der Waals surface area contributed by atoms with E-state index in [1.54, 1.807) is 16.2 Å². The molecule has 118 valence electrons. The minimum atomic E-state index is -0.0796. The second kappa shape index (κ2) is 5.96. The summed E-state index contributed by atoms with van der Waals surface area (Å²) in [6.07, 6.45) is 0.332. The number of imidazole rings is 1. The van der Waals surface area contributed by atoms with Crippen molar-refractivity contribution in [3.63, 3.8) is 0 Å². The Balaban J connectivity index is 1.78. The third-order valence-electron chi connectivity index (χ3n) is 4.29. The van der Waals surface area contributed by atoms with E-state index in [-0.39, 0.29) is 17.6 Å². The summed E-state index contributed by atoms with van der Waals surface area (Å²) >= 11 is 0. The molecule has 0 unspecified atom stereocenters. The van der Waals surface area contributed by atoms with Crippen LogP contribution in [0.25, 0.3) is 11.0 Å². The highest BCUT2D eigenvalue weighted by Gasteiger charge is 2.23. The predicted molar refractivity (Wildman–Crippen MR) is 83.8 cm³/mol. The average Bonchev–Trinajstić information content (AvgIpc) is 2.77. The number of hydrogen-bond acceptors (Lipinski definition) is 3. The van der Waals surface area contributed by atoms with Crippen molar-refractivity contribution in [1.29, 1.82) is 0 Å². The number of aryl methyl sites for hydroxylation is 2. The number of para-hydroxylation sites is 2. The molecule has 22 heavy (non-hydrogen) atoms. The number of fused-ring (bicyclic) bond motifs is 1. The molecule has 0 radical (unpaired) electrons. The normalized spacial score (nSPS) is 18.8. The van der Waals surface area contributed by atoms with Gasteiger partial charge in [-0.25, -0.2) is 4.79 Å². The molecule has 3 rings (SSSR count). The highest BCUT2D eigenvalue weighted by molar-refractivity contribution is 5.78. The van der Waals surface area contributed by atoms with Crippen LogP contribution in [0.15, 0.2) is 29.1 Å². The third-order valence-corrected chi connectivity index (χ3v) is 4.29. The van der Waals surface area contributed by atoms with E-state index in [2.05, 4.69) is 0 Å². The Kier molecular flexibility index (Phi) is 4.02. The van der Waals surface area contributed by atoms with E-state index in [1.807, 2.05) is 36.1 Å². The van der Waals surface area contributed by atoms with Gasteiger partial charge in [0, 0.05) is 26.6 Å². The Morgan fingerprint density at radius 2 is 2.05 bits per heavy atom. The molecule has 0 saturated carbocycles. The van der Waals surface area contributed by atoms with Gasteiger partial charge in [-0.15, -0.1) is 0 Å². The summed E-state index contributed by atoms with van der Waals surface area (Å²) in [7, 11) is 1.76. The first-order valence-corrected chi connectivity index (χ1v) is 7.61. The monoisotopic (exact) mass is 303 g/mol. The summed E-state index contributed by atoms with van der Waals surface area (Å²) in [5.41, 5.74) is 1.68. The zero-order valence-electron chi connectivity index (χ0n) is 13.0. The maximum atomic E-state index is 12.4. The van der Waals surface area contributed by atoms with Crippen LogP contribution < -0.4 is 5.69 Å². The van der Waals surface area contributed by atoms with Crippen molar-refractivity contribution >= 4 is 16.9 Å². The van der Waals surface area contributed by atoms with E-state index in [1.165, 1.54) is 0 Å². The second-order valence-corrected chi connectivity index (χ2v) is 5.74. The number of benzene rings is 1. The summed E-state index contributed by atoms with van der Waals surface area (Å²) in [6.45, 7) is 4.19. The zero-order chi connectivity index (χ0) is 15.7. The van der Waals surface area contributed by atoms with Gasteiger partial charge in [-0.1, -0.05) is 12.1 Å². The largest absolute Gasteiger partial charge is 0.377 e. The van der Waals surface area contributed by atoms with Gasteiger partial charge < -0.3 is 9.64 Å². The second-order valence-electron chi connectivity index (χ2n) is 5.74. The van der Waals surface area contributed by atoms with Crippen LogP contribution in [0.5, 0.6) is 0 Å². The summed E-state index contributed by atoms with van der Waals surface area (Å²) in [5, 5.41) is 0. The molecule has 1 aliphatic heterocycles. The molecule has 1 saturated heterocycles. The molecule has 6 heteroatoms. The van der Waals surface area contributed by atoms with Gasteiger partial charge >= 0.3 is 5.69 Å². The van der Waals surface area contributed by atoms with Crippen LogP contribution in [0.1, 0.15) is 13.3 Å². The van der Waals surface area contributed by atoms with Crippen LogP contribution in [0.3, 0.4) is 0 Å². The Bertz CT molecular complexity index is 747. The van der Waals surface area contributed by atoms with E-state index >= 15 is 0 Å². The van der Waals surface area contributed by atoms with Crippen LogP contribution in [0.2, 0.25) is 0 Å². The first-order valence-electron chi connectivity index (χ1n) is 7.61. The lowest BCUT2D eigenvalue weighted by Crippen LogP contribution is -2.47. The molecule has 2 aromatic rings. The average molecular weight is 303 g/mol. The minimum Gasteiger partial charge on any atom is -0.377 e. The van der Waals surface area contributed by atoms with Crippen LogP contribution in [-0.2, 0) is 23.1 Å². The number of hydrogen-bond donors (Lipinski definition) is 0. The molecular formula is C16H21N3O3. The van der Waals surface area contributed by atoms with Crippen molar-refractivity contribution in [2.75, 3.05) is 19.8 Å². The fourth-order valence-corrected chi connectivity index (χ4v) is 3.03. The number of ether oxygens (including phenoxy) is 1. The molecule has 0 spiro atoms. The zero-order valence-corrected chi connectivity index (χ0v) is 13.0. The van der Waals surface area contributed by atoms with Crippen molar-refractivity contribution in [2.24, 2.45) is 7.05 Å². The highest BCUT2D eigenvalue weighted by atomic mass is 16.5. The number of morpholine rings is 1. The molecule has 1 aromatic heterocycles. The Hall–Kier alpha value is -2.08. The maximum Gasteiger partial charge on any atom is 0.328 e. The number of rotatable bonds is 3. The van der Waals surface area contributed by atoms with E-state index < -0.39 is 0 Å². The number of aromatic nitrogens is 2. The predicted octanol–water partition coefficient (Wildman–Crippen LogP) is 0.977. The molecule has 1 atom stereocenters. The lowest BCUT2D eigenvalue weighted by molar-refractivity contribution is -0.139. The van der Waals surface area contributed by atoms with Crippen LogP contribution in [-0.4, -0.2) is 45.7 Å². The van der Waals surface area contributed by atoms with E-state index in [0.717, 1.165) is 11.0 Å². The summed E-state index contributed by atoms with van der Waals surface area (Å²) in [5.74, 6) is 0.0793. The van der Waals surface area contributed by atoms with Crippen LogP contribution in [0.4, 0.5) is 0 Å². The highest BCUT2D eigenvalue weighted by Crippen LogP contribution is 2.13. The molecule has 0 N–H and O–H groups in total. The first kappa shape index (κ1) is 14.8. The summed E-state index contributed by atoms with van der Waals surface area (Å²) in [4.78, 5) is 26.6. The molecule has 1 aromatic carbocycles. The van der Waals surface area contributed by atoms with Crippen molar-refractivity contribution in [1.82, 2.24) is 14.0 Å². The standard InChI is InChI=1S/C16H21N3O3/c1-12-11-22-10-9-18(12)15(20)7-8-19-14-6-4-3-5-13(14)17(2)16(19)21/h3-6,12H,7-11H2,1-2H3/t12-/m0/s1. The topological polar surface area (TPSA) is 56.5 Å². The van der Waals surface area contributed by atoms with Gasteiger partial charge in [0.05, 0.1) is 30.3 Å². The van der Waals surface area contributed by atoms with Crippen molar-refractivity contribution < 1.29 is 9.53 Å². The van der Waals surface area contributed by atoms with Crippen molar-refractivity contribution in [3.05, 3.63) is 34.7 Å². The number of nitrogens with zero attached hydrogens (tertiary/aromatic N) is 3. The Morgan fingerprint density at radius 1 is 1.32 bits per heavy atom. The summed E-state index contributed by atoms with van der Waals surface area (Å²) in [6, 6.07) is 7.75. The van der Waals surface area contributed by atoms with Gasteiger partial charge in [0.15, 0.2) is 0 Å². The van der Waals surface area contributed by atoms with Crippen molar-refractivity contribution in [2.45, 2.75) is 25.9 Å². The van der Waals surface area contributed by atoms with E-state index in [0.29, 0.717) is 32.7 Å². The van der Waals surface area contributed by atoms with Gasteiger partial charge in [-0.05, 0) is 19.1 Å². The molecular weight excluding hydrogens is 282 g/mol. The van der Waals surface area contributed by atoms with Crippen molar-refractivity contribution in [3.8, 4) is 0 Å². The molecule has 1 fully saturated rings. The Morgan fingerprint density at radius 3 is 2.77 bits per heavy atom. The van der Waals surface area contributed by atoms with Gasteiger partial charge in [-0.3, -0.25) is 13.9 Å². The molecule has 1 aliphatic rings. The number of carbonyl (C=O) groups is 1. The lowest BCUT2D eigenvalue weighted by atomic mass is 10.2. The molecule has 2 heterocycles. The smallest absolute Gasteiger partial charge is 0.328 e. The fourth-order valence-electron chi connectivity index (χ4n) is 3.03. The molecule has 6 nitrogen and oxygen atoms in total. The van der Waals surface area contributed by atoms with Gasteiger partial charge in [0.1, 0.15) is 0 Å². The quantitative estimate of drug-likeness (QED) is 0.849. The molecule has 1 amide bonds. The third kappa shape index (κ3) is 2.54. The van der Waals surface area contributed by atoms with Crippen LogP contribution >= 0.6 is 0 Å².